The average molecular weight is 486 g/mol. The lowest BCUT2D eigenvalue weighted by Gasteiger charge is -2.48. The molecule has 1 aliphatic heterocycles. The highest BCUT2D eigenvalue weighted by Gasteiger charge is 2.40. The monoisotopic (exact) mass is 485 g/mol. The number of likely N-dealkylation sites (tertiary alicyclic amines) is 1. The lowest BCUT2D eigenvalue weighted by molar-refractivity contribution is 0.0362. The summed E-state index contributed by atoms with van der Waals surface area (Å²) in [7, 11) is 0. The average Bonchev–Trinajstić information content (AvgIpc) is 3.10. The fourth-order valence-corrected chi connectivity index (χ4v) is 7.36. The lowest BCUT2D eigenvalue weighted by Crippen LogP contribution is -2.50. The van der Waals surface area contributed by atoms with Crippen molar-refractivity contribution in [2.24, 2.45) is 5.73 Å². The standard InChI is InChI=1S/C31H43N5/c32-25-14-16-26(17-15-25)33-30-34-28-12-6-7-13-29(28)36(30)27-18-22-35(23-19-27)31(20-8-1-2-9-21-31)24-10-4-3-5-11-24/h3-7,10-13,25-27H,1-2,8-9,14-23,32H2,(H,33,34). The molecule has 192 valence electrons. The third kappa shape index (κ3) is 4.68. The number of fused-ring (bicyclic) bond motifs is 1. The van der Waals surface area contributed by atoms with Crippen LogP contribution in [0.2, 0.25) is 0 Å². The van der Waals surface area contributed by atoms with Crippen LogP contribution in [-0.2, 0) is 5.54 Å². The quantitative estimate of drug-likeness (QED) is 0.400. The highest BCUT2D eigenvalue weighted by Crippen LogP contribution is 2.44. The number of nitrogens with two attached hydrogens (primary N) is 1. The molecule has 2 heterocycles. The molecule has 3 aliphatic rings. The molecule has 1 aromatic heterocycles. The van der Waals surface area contributed by atoms with Gasteiger partial charge in [-0.15, -0.1) is 0 Å². The molecule has 36 heavy (non-hydrogen) atoms. The first-order valence-electron chi connectivity index (χ1n) is 14.5. The van der Waals surface area contributed by atoms with Gasteiger partial charge < -0.3 is 15.6 Å². The van der Waals surface area contributed by atoms with Gasteiger partial charge in [-0.05, 0) is 69.1 Å². The second kappa shape index (κ2) is 10.5. The summed E-state index contributed by atoms with van der Waals surface area (Å²) in [6, 6.07) is 21.4. The SMILES string of the molecule is NC1CCC(Nc2nc3ccccc3n2C2CCN(C3(c4ccccc4)CCCCCC3)CC2)CC1. The predicted molar refractivity (Wildman–Crippen MR) is 149 cm³/mol. The topological polar surface area (TPSA) is 59.1 Å². The van der Waals surface area contributed by atoms with Crippen LogP contribution in [0.5, 0.6) is 0 Å². The molecule has 1 saturated heterocycles. The second-order valence-corrected chi connectivity index (χ2v) is 11.6. The highest BCUT2D eigenvalue weighted by molar-refractivity contribution is 5.79. The van der Waals surface area contributed by atoms with Crippen LogP contribution in [0.15, 0.2) is 54.6 Å². The van der Waals surface area contributed by atoms with Crippen molar-refractivity contribution < 1.29 is 0 Å². The van der Waals surface area contributed by atoms with Gasteiger partial charge in [-0.3, -0.25) is 4.90 Å². The van der Waals surface area contributed by atoms with E-state index in [-0.39, 0.29) is 5.54 Å². The van der Waals surface area contributed by atoms with Crippen molar-refractivity contribution in [2.75, 3.05) is 18.4 Å². The van der Waals surface area contributed by atoms with Crippen molar-refractivity contribution in [3.05, 3.63) is 60.2 Å². The number of rotatable bonds is 5. The Morgan fingerprint density at radius 1 is 0.778 bits per heavy atom. The van der Waals surface area contributed by atoms with Crippen LogP contribution in [0, 0.1) is 0 Å². The first kappa shape index (κ1) is 24.0. The normalized spacial score (nSPS) is 26.0. The van der Waals surface area contributed by atoms with E-state index in [0.717, 1.165) is 50.2 Å². The van der Waals surface area contributed by atoms with Crippen LogP contribution in [0.25, 0.3) is 11.0 Å². The molecule has 3 N–H and O–H groups in total. The molecule has 0 unspecified atom stereocenters. The molecule has 2 saturated carbocycles. The maximum atomic E-state index is 6.18. The minimum Gasteiger partial charge on any atom is -0.353 e. The Balaban J connectivity index is 1.25. The summed E-state index contributed by atoms with van der Waals surface area (Å²) >= 11 is 0. The molecule has 3 aromatic rings. The largest absolute Gasteiger partial charge is 0.353 e. The number of nitrogens with zero attached hydrogens (tertiary/aromatic N) is 3. The molecule has 0 bridgehead atoms. The maximum absolute atomic E-state index is 6.18. The van der Waals surface area contributed by atoms with Crippen LogP contribution in [0.4, 0.5) is 5.95 Å². The van der Waals surface area contributed by atoms with E-state index in [1.54, 1.807) is 0 Å². The smallest absolute Gasteiger partial charge is 0.204 e. The van der Waals surface area contributed by atoms with Crippen molar-refractivity contribution in [2.45, 2.75) is 101 Å². The molecule has 2 aromatic carbocycles. The van der Waals surface area contributed by atoms with E-state index in [4.69, 9.17) is 10.7 Å². The van der Waals surface area contributed by atoms with Gasteiger partial charge >= 0.3 is 0 Å². The van der Waals surface area contributed by atoms with Gasteiger partial charge in [-0.1, -0.05) is 68.1 Å². The van der Waals surface area contributed by atoms with Gasteiger partial charge in [0, 0.05) is 36.8 Å². The zero-order chi connectivity index (χ0) is 24.4. The number of hydrogen-bond donors (Lipinski definition) is 2. The summed E-state index contributed by atoms with van der Waals surface area (Å²) < 4.78 is 2.55. The minimum atomic E-state index is 0.210. The summed E-state index contributed by atoms with van der Waals surface area (Å²) in [6.07, 6.45) is 14.9. The molecule has 0 atom stereocenters. The molecule has 0 radical (unpaired) electrons. The van der Waals surface area contributed by atoms with Crippen molar-refractivity contribution in [3.63, 3.8) is 0 Å². The summed E-state index contributed by atoms with van der Waals surface area (Å²) in [5.41, 5.74) is 10.3. The third-order valence-corrected chi connectivity index (χ3v) is 9.38. The fourth-order valence-electron chi connectivity index (χ4n) is 7.36. The Morgan fingerprint density at radius 3 is 2.17 bits per heavy atom. The molecule has 0 spiro atoms. The van der Waals surface area contributed by atoms with Crippen LogP contribution >= 0.6 is 0 Å². The Kier molecular flexibility index (Phi) is 7.03. The number of imidazole rings is 1. The summed E-state index contributed by atoms with van der Waals surface area (Å²) in [6.45, 7) is 2.31. The van der Waals surface area contributed by atoms with E-state index < -0.39 is 0 Å². The Morgan fingerprint density at radius 2 is 1.44 bits per heavy atom. The predicted octanol–water partition coefficient (Wildman–Crippen LogP) is 6.60. The number of nitrogens with one attached hydrogen (secondary N) is 1. The molecule has 5 nitrogen and oxygen atoms in total. The van der Waals surface area contributed by atoms with Gasteiger partial charge in [0.2, 0.25) is 5.95 Å². The van der Waals surface area contributed by atoms with E-state index in [1.165, 1.54) is 62.4 Å². The van der Waals surface area contributed by atoms with E-state index >= 15 is 0 Å². The molecule has 5 heteroatoms. The van der Waals surface area contributed by atoms with Gasteiger partial charge in [-0.25, -0.2) is 4.98 Å². The lowest BCUT2D eigenvalue weighted by atomic mass is 9.79. The summed E-state index contributed by atoms with van der Waals surface area (Å²) in [5.74, 6) is 1.07. The van der Waals surface area contributed by atoms with E-state index in [0.29, 0.717) is 18.1 Å². The Labute approximate surface area is 216 Å². The van der Waals surface area contributed by atoms with Gasteiger partial charge in [0.05, 0.1) is 11.0 Å². The number of para-hydroxylation sites is 2. The number of aromatic nitrogens is 2. The fraction of sp³-hybridized carbons (Fsp3) is 0.581. The maximum Gasteiger partial charge on any atom is 0.204 e. The first-order chi connectivity index (χ1) is 17.7. The number of piperidine rings is 1. The zero-order valence-electron chi connectivity index (χ0n) is 21.7. The van der Waals surface area contributed by atoms with Crippen LogP contribution in [-0.4, -0.2) is 39.6 Å². The molecule has 6 rings (SSSR count). The Bertz CT molecular complexity index is 1110. The Hall–Kier alpha value is -2.37. The summed E-state index contributed by atoms with van der Waals surface area (Å²) in [4.78, 5) is 7.95. The molecule has 3 fully saturated rings. The van der Waals surface area contributed by atoms with Crippen LogP contribution in [0.1, 0.15) is 88.7 Å². The van der Waals surface area contributed by atoms with Crippen molar-refractivity contribution in [1.29, 1.82) is 0 Å². The highest BCUT2D eigenvalue weighted by atomic mass is 15.3. The number of hydrogen-bond acceptors (Lipinski definition) is 4. The minimum absolute atomic E-state index is 0.210. The number of benzene rings is 2. The van der Waals surface area contributed by atoms with Crippen LogP contribution in [0.3, 0.4) is 0 Å². The van der Waals surface area contributed by atoms with Gasteiger partial charge in [0.15, 0.2) is 0 Å². The van der Waals surface area contributed by atoms with Crippen molar-refractivity contribution >= 4 is 17.0 Å². The van der Waals surface area contributed by atoms with E-state index in [9.17, 15) is 0 Å². The van der Waals surface area contributed by atoms with E-state index in [2.05, 4.69) is 69.4 Å². The van der Waals surface area contributed by atoms with Gasteiger partial charge in [0.1, 0.15) is 0 Å². The first-order valence-corrected chi connectivity index (χ1v) is 14.5. The van der Waals surface area contributed by atoms with Crippen LogP contribution < -0.4 is 11.1 Å². The summed E-state index contributed by atoms with van der Waals surface area (Å²) in [5, 5.41) is 3.86. The van der Waals surface area contributed by atoms with E-state index in [1.807, 2.05) is 0 Å². The van der Waals surface area contributed by atoms with Crippen molar-refractivity contribution in [1.82, 2.24) is 14.5 Å². The molecular weight excluding hydrogens is 442 g/mol. The zero-order valence-corrected chi connectivity index (χ0v) is 21.7. The van der Waals surface area contributed by atoms with Crippen molar-refractivity contribution in [3.8, 4) is 0 Å². The third-order valence-electron chi connectivity index (χ3n) is 9.38. The van der Waals surface area contributed by atoms with Gasteiger partial charge in [0.25, 0.3) is 0 Å². The van der Waals surface area contributed by atoms with Gasteiger partial charge in [-0.2, -0.15) is 0 Å². The number of anilines is 1. The molecule has 2 aliphatic carbocycles. The molecule has 0 amide bonds. The molecular formula is C31H43N5. The second-order valence-electron chi connectivity index (χ2n) is 11.6.